The van der Waals surface area contributed by atoms with Crippen LogP contribution in [-0.2, 0) is 0 Å². The zero-order valence-corrected chi connectivity index (χ0v) is 15.1. The molecule has 4 nitrogen and oxygen atoms in total. The second-order valence-electron chi connectivity index (χ2n) is 6.41. The first-order chi connectivity index (χ1) is 13.2. The lowest BCUT2D eigenvalue weighted by Crippen LogP contribution is -1.96. The van der Waals surface area contributed by atoms with Crippen molar-refractivity contribution in [2.24, 2.45) is 0 Å². The number of aromatic amines is 1. The Balaban J connectivity index is 1.71. The van der Waals surface area contributed by atoms with Gasteiger partial charge in [-0.05, 0) is 23.3 Å². The molecule has 0 saturated carbocycles. The summed E-state index contributed by atoms with van der Waals surface area (Å²) in [7, 11) is 0. The summed E-state index contributed by atoms with van der Waals surface area (Å²) in [5.74, 6) is 0. The highest BCUT2D eigenvalue weighted by molar-refractivity contribution is 7.18. The molecule has 2 aromatic carbocycles. The van der Waals surface area contributed by atoms with Crippen molar-refractivity contribution in [2.45, 2.75) is 6.29 Å². The van der Waals surface area contributed by atoms with Crippen LogP contribution in [0.15, 0.2) is 72.2 Å². The molecule has 27 heavy (non-hydrogen) atoms. The highest BCUT2D eigenvalue weighted by atomic mass is 32.1. The molecule has 5 aromatic rings. The van der Waals surface area contributed by atoms with Gasteiger partial charge in [-0.15, -0.1) is 11.3 Å². The van der Waals surface area contributed by atoms with Gasteiger partial charge in [-0.1, -0.05) is 48.5 Å². The maximum Gasteiger partial charge on any atom is 0.180 e. The molecule has 0 amide bonds. The summed E-state index contributed by atoms with van der Waals surface area (Å²) >= 11 is 1.71. The van der Waals surface area contributed by atoms with Crippen molar-refractivity contribution in [1.82, 2.24) is 9.97 Å². The maximum atomic E-state index is 9.61. The van der Waals surface area contributed by atoms with E-state index in [1.807, 2.05) is 24.3 Å². The van der Waals surface area contributed by atoms with Crippen molar-refractivity contribution in [3.63, 3.8) is 0 Å². The molecule has 5 heteroatoms. The number of hydrogen-bond acceptors (Lipinski definition) is 4. The van der Waals surface area contributed by atoms with Gasteiger partial charge in [-0.2, -0.15) is 0 Å². The summed E-state index contributed by atoms with van der Waals surface area (Å²) in [5, 5.41) is 22.5. The second kappa shape index (κ2) is 6.32. The van der Waals surface area contributed by atoms with Crippen LogP contribution in [0.4, 0.5) is 0 Å². The molecular formula is C22H16N2O2S. The van der Waals surface area contributed by atoms with E-state index >= 15 is 0 Å². The van der Waals surface area contributed by atoms with Gasteiger partial charge in [0.05, 0.1) is 11.0 Å². The minimum absolute atomic E-state index is 0.427. The third-order valence-corrected chi connectivity index (χ3v) is 5.84. The summed E-state index contributed by atoms with van der Waals surface area (Å²) in [6, 6.07) is 20.3. The number of hydrogen-bond donors (Lipinski definition) is 3. The average Bonchev–Trinajstić information content (AvgIpc) is 3.31. The molecule has 3 heterocycles. The molecule has 5 rings (SSSR count). The first-order valence-electron chi connectivity index (χ1n) is 8.62. The van der Waals surface area contributed by atoms with Crippen molar-refractivity contribution in [3.05, 3.63) is 77.8 Å². The standard InChI is InChI=1S/C22H16N2O2S/c25-22(26)16-9-10-23-19-11-18(24-20(16)19)17-12-27-21-14(7-4-8-15(17)21)13-5-2-1-3-6-13/h1-12,22,24-26H. The minimum atomic E-state index is -1.54. The fraction of sp³-hybridized carbons (Fsp3) is 0.0455. The van der Waals surface area contributed by atoms with E-state index in [9.17, 15) is 10.2 Å². The Morgan fingerprint density at radius 2 is 1.78 bits per heavy atom. The lowest BCUT2D eigenvalue weighted by Gasteiger charge is -2.04. The van der Waals surface area contributed by atoms with Crippen molar-refractivity contribution in [3.8, 4) is 22.4 Å². The van der Waals surface area contributed by atoms with E-state index in [1.165, 1.54) is 21.2 Å². The van der Waals surface area contributed by atoms with Crippen LogP contribution in [0.5, 0.6) is 0 Å². The lowest BCUT2D eigenvalue weighted by atomic mass is 10.0. The van der Waals surface area contributed by atoms with Gasteiger partial charge in [0.25, 0.3) is 0 Å². The zero-order valence-electron chi connectivity index (χ0n) is 14.3. The number of nitrogens with one attached hydrogen (secondary N) is 1. The largest absolute Gasteiger partial charge is 0.364 e. The predicted octanol–water partition coefficient (Wildman–Crippen LogP) is 5.09. The fourth-order valence-corrected chi connectivity index (χ4v) is 4.63. The van der Waals surface area contributed by atoms with E-state index < -0.39 is 6.29 Å². The average molecular weight is 372 g/mol. The Labute approximate surface area is 159 Å². The first-order valence-corrected chi connectivity index (χ1v) is 9.50. The summed E-state index contributed by atoms with van der Waals surface area (Å²) < 4.78 is 1.23. The predicted molar refractivity (Wildman–Crippen MR) is 110 cm³/mol. The smallest absolute Gasteiger partial charge is 0.180 e. The number of pyridine rings is 1. The van der Waals surface area contributed by atoms with Crippen LogP contribution in [0.3, 0.4) is 0 Å². The van der Waals surface area contributed by atoms with Crippen LogP contribution >= 0.6 is 11.3 Å². The van der Waals surface area contributed by atoms with E-state index in [-0.39, 0.29) is 0 Å². The third-order valence-electron chi connectivity index (χ3n) is 4.81. The monoisotopic (exact) mass is 372 g/mol. The molecule has 0 fully saturated rings. The third kappa shape index (κ3) is 2.64. The van der Waals surface area contributed by atoms with Gasteiger partial charge in [0.1, 0.15) is 0 Å². The van der Waals surface area contributed by atoms with Crippen molar-refractivity contribution < 1.29 is 10.2 Å². The van der Waals surface area contributed by atoms with Crippen LogP contribution in [0, 0.1) is 0 Å². The highest BCUT2D eigenvalue weighted by Crippen LogP contribution is 2.40. The van der Waals surface area contributed by atoms with Crippen LogP contribution in [0.2, 0.25) is 0 Å². The van der Waals surface area contributed by atoms with Gasteiger partial charge in [0, 0.05) is 38.5 Å². The van der Waals surface area contributed by atoms with Crippen LogP contribution < -0.4 is 0 Å². The van der Waals surface area contributed by atoms with Gasteiger partial charge < -0.3 is 15.2 Å². The molecule has 0 radical (unpaired) electrons. The number of fused-ring (bicyclic) bond motifs is 2. The molecule has 0 spiro atoms. The molecule has 0 aliphatic heterocycles. The summed E-state index contributed by atoms with van der Waals surface area (Å²) in [6.07, 6.45) is 0.0550. The molecule has 0 atom stereocenters. The molecule has 3 N–H and O–H groups in total. The van der Waals surface area contributed by atoms with E-state index in [4.69, 9.17) is 0 Å². The Morgan fingerprint density at radius 1 is 0.926 bits per heavy atom. The molecule has 0 saturated heterocycles. The zero-order chi connectivity index (χ0) is 18.4. The van der Waals surface area contributed by atoms with Gasteiger partial charge in [-0.3, -0.25) is 4.98 Å². The summed E-state index contributed by atoms with van der Waals surface area (Å²) in [6.45, 7) is 0. The normalized spacial score (nSPS) is 11.7. The SMILES string of the molecule is OC(O)c1ccnc2cc(-c3csc4c(-c5ccccc5)cccc34)[nH]c12. The number of thiophene rings is 1. The van der Waals surface area contributed by atoms with Gasteiger partial charge in [-0.25, -0.2) is 0 Å². The quantitative estimate of drug-likeness (QED) is 0.386. The van der Waals surface area contributed by atoms with E-state index in [0.717, 1.165) is 11.3 Å². The number of aromatic nitrogens is 2. The molecule has 0 aliphatic rings. The number of rotatable bonds is 3. The van der Waals surface area contributed by atoms with Crippen molar-refractivity contribution in [2.75, 3.05) is 0 Å². The lowest BCUT2D eigenvalue weighted by molar-refractivity contribution is -0.0414. The van der Waals surface area contributed by atoms with E-state index in [1.54, 1.807) is 23.6 Å². The van der Waals surface area contributed by atoms with Crippen LogP contribution in [-0.4, -0.2) is 20.2 Å². The van der Waals surface area contributed by atoms with Gasteiger partial charge >= 0.3 is 0 Å². The number of benzene rings is 2. The van der Waals surface area contributed by atoms with Crippen LogP contribution in [0.1, 0.15) is 11.9 Å². The van der Waals surface area contributed by atoms with E-state index in [0.29, 0.717) is 16.6 Å². The molecule has 0 aliphatic carbocycles. The van der Waals surface area contributed by atoms with Crippen molar-refractivity contribution >= 4 is 32.5 Å². The molecule has 0 unspecified atom stereocenters. The second-order valence-corrected chi connectivity index (χ2v) is 7.29. The fourth-order valence-electron chi connectivity index (χ4n) is 3.52. The van der Waals surface area contributed by atoms with Gasteiger partial charge in [0.2, 0.25) is 0 Å². The molecule has 3 aromatic heterocycles. The first kappa shape index (κ1) is 16.2. The maximum absolute atomic E-state index is 9.61. The minimum Gasteiger partial charge on any atom is -0.364 e. The molecular weight excluding hydrogens is 356 g/mol. The Morgan fingerprint density at radius 3 is 2.59 bits per heavy atom. The topological polar surface area (TPSA) is 69.1 Å². The molecule has 0 bridgehead atoms. The van der Waals surface area contributed by atoms with Crippen molar-refractivity contribution in [1.29, 1.82) is 0 Å². The van der Waals surface area contributed by atoms with Crippen LogP contribution in [0.25, 0.3) is 43.5 Å². The summed E-state index contributed by atoms with van der Waals surface area (Å²) in [4.78, 5) is 7.67. The Hall–Kier alpha value is -2.99. The Bertz CT molecular complexity index is 1260. The summed E-state index contributed by atoms with van der Waals surface area (Å²) in [5.41, 5.74) is 6.21. The van der Waals surface area contributed by atoms with E-state index in [2.05, 4.69) is 45.7 Å². The number of aliphatic hydroxyl groups excluding tert-OH is 1. The Kier molecular flexibility index (Phi) is 3.79. The number of aliphatic hydroxyl groups is 2. The molecule has 132 valence electrons. The number of H-pyrrole nitrogens is 1. The number of nitrogens with zero attached hydrogens (tertiary/aromatic N) is 1. The highest BCUT2D eigenvalue weighted by Gasteiger charge is 2.15. The van der Waals surface area contributed by atoms with Gasteiger partial charge in [0.15, 0.2) is 6.29 Å².